The number of carbonyl (C=O) groups is 2. The maximum Gasteiger partial charge on any atom is 0.347 e. The van der Waals surface area contributed by atoms with E-state index in [1.165, 1.54) is 7.11 Å². The van der Waals surface area contributed by atoms with Crippen molar-refractivity contribution in [1.29, 1.82) is 0 Å². The molecule has 0 spiro atoms. The average Bonchev–Trinajstić information content (AvgIpc) is 2.92. The van der Waals surface area contributed by atoms with Gasteiger partial charge in [0.25, 0.3) is 0 Å². The van der Waals surface area contributed by atoms with E-state index in [0.717, 1.165) is 5.56 Å². The van der Waals surface area contributed by atoms with Gasteiger partial charge in [-0.25, -0.2) is 4.79 Å². The molecule has 1 aliphatic heterocycles. The van der Waals surface area contributed by atoms with Crippen molar-refractivity contribution in [2.45, 2.75) is 32.8 Å². The summed E-state index contributed by atoms with van der Waals surface area (Å²) in [6.45, 7) is 7.39. The molecule has 0 aliphatic carbocycles. The Labute approximate surface area is 128 Å². The predicted octanol–water partition coefficient (Wildman–Crippen LogP) is 3.27. The highest BCUT2D eigenvalue weighted by Gasteiger charge is 2.33. The van der Waals surface area contributed by atoms with Crippen LogP contribution in [-0.4, -0.2) is 25.0 Å². The first-order chi connectivity index (χ1) is 9.90. The van der Waals surface area contributed by atoms with E-state index >= 15 is 0 Å². The van der Waals surface area contributed by atoms with Crippen molar-refractivity contribution in [3.63, 3.8) is 0 Å². The monoisotopic (exact) mass is 308 g/mol. The summed E-state index contributed by atoms with van der Waals surface area (Å²) in [5.74, 6) is -0.0449. The maximum atomic E-state index is 12.3. The molecule has 21 heavy (non-hydrogen) atoms. The number of fused-ring (bicyclic) bond motifs is 1. The molecule has 0 bridgehead atoms. The molecule has 1 heterocycles. The zero-order valence-corrected chi connectivity index (χ0v) is 13.0. The van der Waals surface area contributed by atoms with Crippen LogP contribution in [0.25, 0.3) is 0 Å². The van der Waals surface area contributed by atoms with Crippen LogP contribution in [-0.2, 0) is 16.0 Å². The molecule has 1 aromatic carbocycles. The van der Waals surface area contributed by atoms with Gasteiger partial charge < -0.3 is 9.47 Å². The van der Waals surface area contributed by atoms with Gasteiger partial charge in [-0.1, -0.05) is 25.1 Å². The number of allylic oxidation sites excluding steroid dienone is 1. The number of rotatable bonds is 4. The highest BCUT2D eigenvalue weighted by Crippen LogP contribution is 2.39. The van der Waals surface area contributed by atoms with Crippen LogP contribution >= 0.6 is 11.6 Å². The van der Waals surface area contributed by atoms with Crippen molar-refractivity contribution >= 4 is 23.4 Å². The van der Waals surface area contributed by atoms with Crippen molar-refractivity contribution in [2.24, 2.45) is 0 Å². The molecule has 0 radical (unpaired) electrons. The molecule has 0 aromatic heterocycles. The van der Waals surface area contributed by atoms with Gasteiger partial charge in [-0.05, 0) is 30.5 Å². The van der Waals surface area contributed by atoms with Crippen LogP contribution in [0.5, 0.6) is 5.75 Å². The molecule has 0 N–H and O–H groups in total. The number of Topliss-reactive ketones (excluding diaryl/α,β-unsaturated/α-hetero) is 1. The minimum atomic E-state index is -0.681. The van der Waals surface area contributed by atoms with Crippen molar-refractivity contribution in [2.75, 3.05) is 7.11 Å². The lowest BCUT2D eigenvalue weighted by Crippen LogP contribution is -2.26. The lowest BCUT2D eigenvalue weighted by atomic mass is 9.96. The Bertz CT molecular complexity index is 634. The lowest BCUT2D eigenvalue weighted by Gasteiger charge is -2.12. The number of ketones is 1. The number of hydrogen-bond acceptors (Lipinski definition) is 4. The molecule has 0 saturated heterocycles. The topological polar surface area (TPSA) is 52.6 Å². The van der Waals surface area contributed by atoms with Crippen LogP contribution in [0.15, 0.2) is 18.2 Å². The molecular formula is C16H17ClO4. The minimum Gasteiger partial charge on any atom is -0.478 e. The molecule has 1 atom stereocenters. The van der Waals surface area contributed by atoms with Gasteiger partial charge in [-0.2, -0.15) is 0 Å². The van der Waals surface area contributed by atoms with Gasteiger partial charge in [0.15, 0.2) is 11.9 Å². The van der Waals surface area contributed by atoms with Crippen molar-refractivity contribution in [1.82, 2.24) is 0 Å². The highest BCUT2D eigenvalue weighted by molar-refractivity contribution is 6.36. The molecule has 0 fully saturated rings. The molecule has 1 aromatic rings. The van der Waals surface area contributed by atoms with Gasteiger partial charge in [-0.3, -0.25) is 4.79 Å². The maximum absolute atomic E-state index is 12.3. The van der Waals surface area contributed by atoms with Gasteiger partial charge in [-0.15, -0.1) is 0 Å². The Balaban J connectivity index is 2.44. The van der Waals surface area contributed by atoms with Crippen LogP contribution in [0.3, 0.4) is 0 Å². The summed E-state index contributed by atoms with van der Waals surface area (Å²) in [4.78, 5) is 23.9. The van der Waals surface area contributed by atoms with Crippen LogP contribution in [0.1, 0.15) is 34.8 Å². The minimum absolute atomic E-state index is 0.171. The van der Waals surface area contributed by atoms with E-state index in [4.69, 9.17) is 21.1 Å². The number of benzene rings is 1. The average molecular weight is 309 g/mol. The molecule has 0 saturated carbocycles. The zero-order valence-electron chi connectivity index (χ0n) is 12.3. The Morgan fingerprint density at radius 3 is 2.76 bits per heavy atom. The van der Waals surface area contributed by atoms with E-state index in [1.807, 2.05) is 6.92 Å². The van der Waals surface area contributed by atoms with Gasteiger partial charge in [0.1, 0.15) is 5.75 Å². The number of halogens is 1. The molecule has 5 heteroatoms. The fraction of sp³-hybridized carbons (Fsp3) is 0.375. The first-order valence-corrected chi connectivity index (χ1v) is 7.07. The van der Waals surface area contributed by atoms with Crippen LogP contribution in [0.4, 0.5) is 0 Å². The molecule has 112 valence electrons. The van der Waals surface area contributed by atoms with Crippen molar-refractivity contribution in [3.8, 4) is 5.75 Å². The summed E-state index contributed by atoms with van der Waals surface area (Å²) < 4.78 is 10.3. The predicted molar refractivity (Wildman–Crippen MR) is 80.1 cm³/mol. The first-order valence-electron chi connectivity index (χ1n) is 6.69. The van der Waals surface area contributed by atoms with Crippen molar-refractivity contribution < 1.29 is 19.1 Å². The lowest BCUT2D eigenvalue weighted by molar-refractivity contribution is -0.147. The summed E-state index contributed by atoms with van der Waals surface area (Å²) in [6.07, 6.45) is 0.255. The Kier molecular flexibility index (Phi) is 4.37. The van der Waals surface area contributed by atoms with E-state index in [2.05, 4.69) is 6.58 Å². The SMILES string of the molecule is C=C(CC)C(=O)c1cc2c(c(C)c1Cl)OC(C(=O)OC)C2. The van der Waals surface area contributed by atoms with Crippen molar-refractivity contribution in [3.05, 3.63) is 39.9 Å². The third kappa shape index (κ3) is 2.68. The normalized spacial score (nSPS) is 16.1. The third-order valence-electron chi connectivity index (χ3n) is 3.64. The van der Waals surface area contributed by atoms with Crippen LogP contribution in [0, 0.1) is 6.92 Å². The Morgan fingerprint density at radius 2 is 2.19 bits per heavy atom. The second-order valence-electron chi connectivity index (χ2n) is 4.97. The number of esters is 1. The third-order valence-corrected chi connectivity index (χ3v) is 4.13. The molecular weight excluding hydrogens is 292 g/mol. The molecule has 0 amide bonds. The fourth-order valence-corrected chi connectivity index (χ4v) is 2.55. The Morgan fingerprint density at radius 1 is 1.52 bits per heavy atom. The van der Waals surface area contributed by atoms with E-state index < -0.39 is 12.1 Å². The quantitative estimate of drug-likeness (QED) is 0.486. The number of hydrogen-bond donors (Lipinski definition) is 0. The number of methoxy groups -OCH3 is 1. The van der Waals surface area contributed by atoms with E-state index in [1.54, 1.807) is 13.0 Å². The molecule has 1 aliphatic rings. The van der Waals surface area contributed by atoms with E-state index in [0.29, 0.717) is 40.3 Å². The molecule has 1 unspecified atom stereocenters. The summed E-state index contributed by atoms with van der Waals surface area (Å²) in [5, 5.41) is 0.346. The van der Waals surface area contributed by atoms with Crippen LogP contribution in [0.2, 0.25) is 5.02 Å². The second kappa shape index (κ2) is 5.90. The zero-order chi connectivity index (χ0) is 15.7. The Hall–Kier alpha value is -1.81. The fourth-order valence-electron chi connectivity index (χ4n) is 2.32. The highest BCUT2D eigenvalue weighted by atomic mass is 35.5. The van der Waals surface area contributed by atoms with E-state index in [9.17, 15) is 9.59 Å². The standard InChI is InChI=1S/C16H17ClO4/c1-5-8(2)14(18)11-6-10-7-12(16(19)20-4)21-15(10)9(3)13(11)17/h6,12H,2,5,7H2,1,3-4H3. The summed E-state index contributed by atoms with van der Waals surface area (Å²) >= 11 is 6.28. The number of carbonyl (C=O) groups excluding carboxylic acids is 2. The second-order valence-corrected chi connectivity index (χ2v) is 5.35. The van der Waals surface area contributed by atoms with Gasteiger partial charge in [0.2, 0.25) is 0 Å². The smallest absolute Gasteiger partial charge is 0.347 e. The molecule has 4 nitrogen and oxygen atoms in total. The van der Waals surface area contributed by atoms with E-state index in [-0.39, 0.29) is 5.78 Å². The number of ether oxygens (including phenoxy) is 2. The summed E-state index contributed by atoms with van der Waals surface area (Å²) in [7, 11) is 1.31. The summed E-state index contributed by atoms with van der Waals surface area (Å²) in [6, 6.07) is 1.69. The van der Waals surface area contributed by atoms with Gasteiger partial charge >= 0.3 is 5.97 Å². The largest absolute Gasteiger partial charge is 0.478 e. The summed E-state index contributed by atoms with van der Waals surface area (Å²) in [5.41, 5.74) is 2.36. The van der Waals surface area contributed by atoms with Gasteiger partial charge in [0.05, 0.1) is 12.1 Å². The first kappa shape index (κ1) is 15.6. The molecule has 2 rings (SSSR count). The van der Waals surface area contributed by atoms with Gasteiger partial charge in [0, 0.05) is 17.5 Å². The van der Waals surface area contributed by atoms with Crippen LogP contribution < -0.4 is 4.74 Å².